The standard InChI is InChI=1S/C16H20O3S/c1-2-19-16(18)10-9-13(17)8-7-12-11-20-15-6-4-3-5-14(12)15/h3-6,12H,2,7-11H2,1H3. The molecule has 108 valence electrons. The number of carbonyl (C=O) groups is 2. The third kappa shape index (κ3) is 4.10. The molecule has 0 N–H and O–H groups in total. The highest BCUT2D eigenvalue weighted by atomic mass is 32.2. The van der Waals surface area contributed by atoms with E-state index in [2.05, 4.69) is 24.3 Å². The summed E-state index contributed by atoms with van der Waals surface area (Å²) in [7, 11) is 0. The van der Waals surface area contributed by atoms with Crippen LogP contribution in [0.2, 0.25) is 0 Å². The Bertz CT molecular complexity index is 484. The van der Waals surface area contributed by atoms with Crippen LogP contribution in [0.3, 0.4) is 0 Å². The summed E-state index contributed by atoms with van der Waals surface area (Å²) in [6, 6.07) is 8.41. The van der Waals surface area contributed by atoms with E-state index in [0.29, 0.717) is 25.4 Å². The van der Waals surface area contributed by atoms with Crippen LogP contribution in [0.5, 0.6) is 0 Å². The third-order valence-corrected chi connectivity index (χ3v) is 4.74. The normalized spacial score (nSPS) is 16.8. The zero-order valence-corrected chi connectivity index (χ0v) is 12.6. The molecule has 0 radical (unpaired) electrons. The molecule has 0 bridgehead atoms. The molecule has 1 heterocycles. The quantitative estimate of drug-likeness (QED) is 0.721. The molecule has 1 aliphatic rings. The van der Waals surface area contributed by atoms with Crippen LogP contribution >= 0.6 is 11.8 Å². The number of esters is 1. The molecule has 0 spiro atoms. The van der Waals surface area contributed by atoms with Crippen LogP contribution in [0.1, 0.15) is 44.1 Å². The molecule has 0 saturated carbocycles. The molecule has 0 saturated heterocycles. The van der Waals surface area contributed by atoms with Crippen LogP contribution in [-0.4, -0.2) is 24.1 Å². The molecule has 0 amide bonds. The minimum atomic E-state index is -0.275. The zero-order chi connectivity index (χ0) is 14.4. The first-order chi connectivity index (χ1) is 9.70. The van der Waals surface area contributed by atoms with Gasteiger partial charge in [-0.1, -0.05) is 18.2 Å². The molecule has 4 heteroatoms. The minimum absolute atomic E-state index is 0.160. The van der Waals surface area contributed by atoms with Gasteiger partial charge in [0, 0.05) is 23.5 Å². The molecule has 1 aromatic carbocycles. The van der Waals surface area contributed by atoms with E-state index in [9.17, 15) is 9.59 Å². The molecule has 1 aliphatic heterocycles. The summed E-state index contributed by atoms with van der Waals surface area (Å²) in [5.41, 5.74) is 1.37. The maximum absolute atomic E-state index is 11.8. The fraction of sp³-hybridized carbons (Fsp3) is 0.500. The van der Waals surface area contributed by atoms with Crippen LogP contribution in [0.4, 0.5) is 0 Å². The lowest BCUT2D eigenvalue weighted by Crippen LogP contribution is -2.09. The minimum Gasteiger partial charge on any atom is -0.466 e. The summed E-state index contributed by atoms with van der Waals surface area (Å²) in [6.45, 7) is 2.15. The van der Waals surface area contributed by atoms with Crippen molar-refractivity contribution in [1.82, 2.24) is 0 Å². The van der Waals surface area contributed by atoms with Crippen molar-refractivity contribution in [1.29, 1.82) is 0 Å². The van der Waals surface area contributed by atoms with Crippen LogP contribution in [-0.2, 0) is 14.3 Å². The van der Waals surface area contributed by atoms with E-state index in [1.165, 1.54) is 10.5 Å². The number of ketones is 1. The molecule has 0 aromatic heterocycles. The molecule has 0 fully saturated rings. The molecule has 1 atom stereocenters. The summed E-state index contributed by atoms with van der Waals surface area (Å²) in [5.74, 6) is 1.42. The largest absolute Gasteiger partial charge is 0.466 e. The third-order valence-electron chi connectivity index (χ3n) is 3.48. The van der Waals surface area contributed by atoms with Gasteiger partial charge in [-0.25, -0.2) is 0 Å². The van der Waals surface area contributed by atoms with Gasteiger partial charge in [0.15, 0.2) is 0 Å². The molecule has 0 aliphatic carbocycles. The number of hydrogen-bond acceptors (Lipinski definition) is 4. The number of hydrogen-bond donors (Lipinski definition) is 0. The number of fused-ring (bicyclic) bond motifs is 1. The predicted octanol–water partition coefficient (Wildman–Crippen LogP) is 3.57. The highest BCUT2D eigenvalue weighted by molar-refractivity contribution is 7.99. The highest BCUT2D eigenvalue weighted by Gasteiger charge is 2.23. The SMILES string of the molecule is CCOC(=O)CCC(=O)CCC1CSc2ccccc21. The summed E-state index contributed by atoms with van der Waals surface area (Å²) in [4.78, 5) is 24.3. The van der Waals surface area contributed by atoms with Crippen molar-refractivity contribution < 1.29 is 14.3 Å². The van der Waals surface area contributed by atoms with Crippen LogP contribution < -0.4 is 0 Å². The maximum Gasteiger partial charge on any atom is 0.306 e. The average Bonchev–Trinajstić information content (AvgIpc) is 2.86. The van der Waals surface area contributed by atoms with Gasteiger partial charge in [-0.05, 0) is 30.9 Å². The van der Waals surface area contributed by atoms with Gasteiger partial charge in [-0.15, -0.1) is 11.8 Å². The van der Waals surface area contributed by atoms with Crippen LogP contribution in [0.15, 0.2) is 29.2 Å². The fourth-order valence-electron chi connectivity index (χ4n) is 2.40. The van der Waals surface area contributed by atoms with Gasteiger partial charge in [0.2, 0.25) is 0 Å². The smallest absolute Gasteiger partial charge is 0.306 e. The van der Waals surface area contributed by atoms with Crippen molar-refractivity contribution in [2.75, 3.05) is 12.4 Å². The van der Waals surface area contributed by atoms with Crippen molar-refractivity contribution in [2.24, 2.45) is 0 Å². The van der Waals surface area contributed by atoms with Gasteiger partial charge in [0.05, 0.1) is 13.0 Å². The van der Waals surface area contributed by atoms with Gasteiger partial charge in [-0.2, -0.15) is 0 Å². The number of rotatable bonds is 7. The second kappa shape index (κ2) is 7.48. The predicted molar refractivity (Wildman–Crippen MR) is 80.0 cm³/mol. The summed E-state index contributed by atoms with van der Waals surface area (Å²) in [6.07, 6.45) is 1.95. The molecule has 2 rings (SSSR count). The van der Waals surface area contributed by atoms with Crippen LogP contribution in [0, 0.1) is 0 Å². The number of carbonyl (C=O) groups excluding carboxylic acids is 2. The van der Waals surface area contributed by atoms with Gasteiger partial charge < -0.3 is 4.74 Å². The van der Waals surface area contributed by atoms with Gasteiger partial charge in [-0.3, -0.25) is 9.59 Å². The van der Waals surface area contributed by atoms with E-state index in [-0.39, 0.29) is 18.2 Å². The first kappa shape index (κ1) is 15.1. The Kier molecular flexibility index (Phi) is 5.65. The van der Waals surface area contributed by atoms with E-state index in [4.69, 9.17) is 4.74 Å². The molecule has 3 nitrogen and oxygen atoms in total. The summed E-state index contributed by atoms with van der Waals surface area (Å²) in [5, 5.41) is 0. The Morgan fingerprint density at radius 2 is 2.05 bits per heavy atom. The summed E-state index contributed by atoms with van der Waals surface area (Å²) >= 11 is 1.87. The number of ether oxygens (including phenoxy) is 1. The Morgan fingerprint density at radius 1 is 1.25 bits per heavy atom. The van der Waals surface area contributed by atoms with E-state index in [1.807, 2.05) is 11.8 Å². The Morgan fingerprint density at radius 3 is 2.85 bits per heavy atom. The lowest BCUT2D eigenvalue weighted by atomic mass is 9.94. The van der Waals surface area contributed by atoms with Crippen molar-refractivity contribution in [3.8, 4) is 0 Å². The first-order valence-corrected chi connectivity index (χ1v) is 8.08. The number of Topliss-reactive ketones (excluding diaryl/α,β-unsaturated/α-hetero) is 1. The fourth-order valence-corrected chi connectivity index (χ4v) is 3.71. The Hall–Kier alpha value is -1.29. The van der Waals surface area contributed by atoms with Gasteiger partial charge in [0.25, 0.3) is 0 Å². The second-order valence-electron chi connectivity index (χ2n) is 4.93. The molecule has 20 heavy (non-hydrogen) atoms. The van der Waals surface area contributed by atoms with Gasteiger partial charge >= 0.3 is 5.97 Å². The monoisotopic (exact) mass is 292 g/mol. The molecular formula is C16H20O3S. The average molecular weight is 292 g/mol. The maximum atomic E-state index is 11.8. The van der Waals surface area contributed by atoms with Crippen molar-refractivity contribution >= 4 is 23.5 Å². The van der Waals surface area contributed by atoms with Crippen molar-refractivity contribution in [2.45, 2.75) is 43.4 Å². The number of thioether (sulfide) groups is 1. The van der Waals surface area contributed by atoms with Crippen molar-refractivity contribution in [3.63, 3.8) is 0 Å². The number of benzene rings is 1. The lowest BCUT2D eigenvalue weighted by molar-refractivity contribution is -0.144. The molecule has 1 aromatic rings. The first-order valence-electron chi connectivity index (χ1n) is 7.09. The van der Waals surface area contributed by atoms with E-state index >= 15 is 0 Å². The molecular weight excluding hydrogens is 272 g/mol. The van der Waals surface area contributed by atoms with Gasteiger partial charge in [0.1, 0.15) is 5.78 Å². The van der Waals surface area contributed by atoms with Crippen molar-refractivity contribution in [3.05, 3.63) is 29.8 Å². The lowest BCUT2D eigenvalue weighted by Gasteiger charge is -2.09. The van der Waals surface area contributed by atoms with E-state index in [0.717, 1.165) is 12.2 Å². The van der Waals surface area contributed by atoms with E-state index < -0.39 is 0 Å². The highest BCUT2D eigenvalue weighted by Crippen LogP contribution is 2.41. The van der Waals surface area contributed by atoms with Crippen LogP contribution in [0.25, 0.3) is 0 Å². The second-order valence-corrected chi connectivity index (χ2v) is 5.99. The summed E-state index contributed by atoms with van der Waals surface area (Å²) < 4.78 is 4.82. The topological polar surface area (TPSA) is 43.4 Å². The Balaban J connectivity index is 1.73. The zero-order valence-electron chi connectivity index (χ0n) is 11.8. The van der Waals surface area contributed by atoms with E-state index in [1.54, 1.807) is 6.92 Å². The Labute approximate surface area is 124 Å². The molecule has 1 unspecified atom stereocenters.